The van der Waals surface area contributed by atoms with Gasteiger partial charge in [-0.15, -0.1) is 0 Å². The van der Waals surface area contributed by atoms with Crippen LogP contribution in [0.25, 0.3) is 0 Å². The molecule has 0 bridgehead atoms. The molecule has 4 heteroatoms. The van der Waals surface area contributed by atoms with E-state index in [4.69, 9.17) is 4.74 Å². The van der Waals surface area contributed by atoms with Crippen molar-refractivity contribution in [1.82, 2.24) is 4.98 Å². The van der Waals surface area contributed by atoms with E-state index in [2.05, 4.69) is 4.98 Å². The van der Waals surface area contributed by atoms with Gasteiger partial charge in [-0.2, -0.15) is 0 Å². The first-order valence-corrected chi connectivity index (χ1v) is 5.67. The number of halogens is 1. The lowest BCUT2D eigenvalue weighted by molar-refractivity contribution is 0.0256. The Kier molecular flexibility index (Phi) is 4.39. The molecule has 0 fully saturated rings. The molecule has 94 valence electrons. The largest absolute Gasteiger partial charge is 0.384 e. The van der Waals surface area contributed by atoms with E-state index < -0.39 is 11.9 Å². The Labute approximate surface area is 105 Å². The number of rotatable bonds is 5. The fourth-order valence-corrected chi connectivity index (χ4v) is 1.53. The van der Waals surface area contributed by atoms with Gasteiger partial charge in [-0.3, -0.25) is 4.98 Å². The van der Waals surface area contributed by atoms with Crippen molar-refractivity contribution < 1.29 is 14.2 Å². The Morgan fingerprint density at radius 1 is 1.17 bits per heavy atom. The molecule has 0 saturated heterocycles. The van der Waals surface area contributed by atoms with Crippen LogP contribution >= 0.6 is 0 Å². The third-order valence-corrected chi connectivity index (χ3v) is 2.48. The summed E-state index contributed by atoms with van der Waals surface area (Å²) in [5, 5.41) is 9.78. The van der Waals surface area contributed by atoms with Crippen molar-refractivity contribution in [2.45, 2.75) is 12.7 Å². The standard InChI is InChI=1S/C14H14FNO2/c15-12-6-7-13(16-8-12)14(17)10-18-9-11-4-2-1-3-5-11/h1-8,14,17H,9-10H2. The van der Waals surface area contributed by atoms with Crippen LogP contribution in [0.3, 0.4) is 0 Å². The van der Waals surface area contributed by atoms with Crippen LogP contribution in [0.2, 0.25) is 0 Å². The van der Waals surface area contributed by atoms with Gasteiger partial charge in [-0.1, -0.05) is 30.3 Å². The Morgan fingerprint density at radius 3 is 2.61 bits per heavy atom. The first kappa shape index (κ1) is 12.7. The average Bonchev–Trinajstić information content (AvgIpc) is 2.40. The van der Waals surface area contributed by atoms with Crippen molar-refractivity contribution in [3.8, 4) is 0 Å². The van der Waals surface area contributed by atoms with Crippen molar-refractivity contribution in [3.05, 3.63) is 65.7 Å². The molecule has 0 saturated carbocycles. The van der Waals surface area contributed by atoms with Crippen LogP contribution in [-0.4, -0.2) is 16.7 Å². The maximum atomic E-state index is 12.6. The number of pyridine rings is 1. The summed E-state index contributed by atoms with van der Waals surface area (Å²) in [6, 6.07) is 12.4. The van der Waals surface area contributed by atoms with Gasteiger partial charge in [0.2, 0.25) is 0 Å². The minimum absolute atomic E-state index is 0.132. The molecule has 1 aromatic carbocycles. The van der Waals surface area contributed by atoms with Gasteiger partial charge in [0.25, 0.3) is 0 Å². The van der Waals surface area contributed by atoms with E-state index in [-0.39, 0.29) is 6.61 Å². The zero-order valence-electron chi connectivity index (χ0n) is 9.79. The summed E-state index contributed by atoms with van der Waals surface area (Å²) in [6.07, 6.45) is 0.241. The highest BCUT2D eigenvalue weighted by atomic mass is 19.1. The van der Waals surface area contributed by atoms with Gasteiger partial charge in [0.15, 0.2) is 0 Å². The summed E-state index contributed by atoms with van der Waals surface area (Å²) in [7, 11) is 0. The second-order valence-electron chi connectivity index (χ2n) is 3.92. The summed E-state index contributed by atoms with van der Waals surface area (Å²) in [4.78, 5) is 3.80. The van der Waals surface area contributed by atoms with Crippen molar-refractivity contribution >= 4 is 0 Å². The van der Waals surface area contributed by atoms with Gasteiger partial charge in [0.05, 0.1) is 25.1 Å². The highest BCUT2D eigenvalue weighted by molar-refractivity contribution is 5.13. The predicted octanol–water partition coefficient (Wildman–Crippen LogP) is 2.47. The zero-order valence-corrected chi connectivity index (χ0v) is 9.79. The van der Waals surface area contributed by atoms with Crippen molar-refractivity contribution in [1.29, 1.82) is 0 Å². The molecule has 1 unspecified atom stereocenters. The minimum Gasteiger partial charge on any atom is -0.384 e. The van der Waals surface area contributed by atoms with E-state index >= 15 is 0 Å². The van der Waals surface area contributed by atoms with Gasteiger partial charge in [0.1, 0.15) is 11.9 Å². The predicted molar refractivity (Wildman–Crippen MR) is 65.3 cm³/mol. The number of benzene rings is 1. The normalized spacial score (nSPS) is 12.3. The molecular formula is C14H14FNO2. The van der Waals surface area contributed by atoms with Crippen LogP contribution in [0.1, 0.15) is 17.4 Å². The monoisotopic (exact) mass is 247 g/mol. The molecule has 3 nitrogen and oxygen atoms in total. The van der Waals surface area contributed by atoms with Gasteiger partial charge in [-0.05, 0) is 17.7 Å². The van der Waals surface area contributed by atoms with Gasteiger partial charge in [-0.25, -0.2) is 4.39 Å². The fraction of sp³-hybridized carbons (Fsp3) is 0.214. The topological polar surface area (TPSA) is 42.4 Å². The summed E-state index contributed by atoms with van der Waals surface area (Å²) in [5.74, 6) is -0.420. The van der Waals surface area contributed by atoms with Crippen molar-refractivity contribution in [2.24, 2.45) is 0 Å². The van der Waals surface area contributed by atoms with E-state index in [9.17, 15) is 9.50 Å². The molecule has 0 amide bonds. The lowest BCUT2D eigenvalue weighted by atomic mass is 10.2. The molecule has 0 radical (unpaired) electrons. The van der Waals surface area contributed by atoms with Gasteiger partial charge >= 0.3 is 0 Å². The molecule has 18 heavy (non-hydrogen) atoms. The number of aliphatic hydroxyl groups excluding tert-OH is 1. The smallest absolute Gasteiger partial charge is 0.141 e. The summed E-state index contributed by atoms with van der Waals surface area (Å²) in [5.41, 5.74) is 1.45. The SMILES string of the molecule is OC(COCc1ccccc1)c1ccc(F)cn1. The van der Waals surface area contributed by atoms with Crippen LogP contribution in [0.5, 0.6) is 0 Å². The van der Waals surface area contributed by atoms with Gasteiger partial charge < -0.3 is 9.84 Å². The first-order valence-electron chi connectivity index (χ1n) is 5.67. The van der Waals surface area contributed by atoms with E-state index in [0.29, 0.717) is 12.3 Å². The lowest BCUT2D eigenvalue weighted by Crippen LogP contribution is -2.09. The highest BCUT2D eigenvalue weighted by Gasteiger charge is 2.09. The molecule has 0 aliphatic heterocycles. The van der Waals surface area contributed by atoms with Crippen LogP contribution in [0, 0.1) is 5.82 Å². The molecular weight excluding hydrogens is 233 g/mol. The summed E-state index contributed by atoms with van der Waals surface area (Å²) < 4.78 is 18.0. The Balaban J connectivity index is 1.81. The number of hydrogen-bond donors (Lipinski definition) is 1. The zero-order chi connectivity index (χ0) is 12.8. The van der Waals surface area contributed by atoms with E-state index in [1.165, 1.54) is 12.1 Å². The number of aliphatic hydroxyl groups is 1. The third kappa shape index (κ3) is 3.61. The second-order valence-corrected chi connectivity index (χ2v) is 3.92. The van der Waals surface area contributed by atoms with Crippen LogP contribution in [0.4, 0.5) is 4.39 Å². The van der Waals surface area contributed by atoms with Crippen molar-refractivity contribution in [2.75, 3.05) is 6.61 Å². The van der Waals surface area contributed by atoms with E-state index in [0.717, 1.165) is 11.8 Å². The number of hydrogen-bond acceptors (Lipinski definition) is 3. The molecule has 1 atom stereocenters. The van der Waals surface area contributed by atoms with Crippen molar-refractivity contribution in [3.63, 3.8) is 0 Å². The third-order valence-electron chi connectivity index (χ3n) is 2.48. The number of ether oxygens (including phenoxy) is 1. The maximum absolute atomic E-state index is 12.6. The summed E-state index contributed by atoms with van der Waals surface area (Å²) >= 11 is 0. The molecule has 2 rings (SSSR count). The number of aromatic nitrogens is 1. The quantitative estimate of drug-likeness (QED) is 0.882. The maximum Gasteiger partial charge on any atom is 0.141 e. The Morgan fingerprint density at radius 2 is 1.94 bits per heavy atom. The summed E-state index contributed by atoms with van der Waals surface area (Å²) in [6.45, 7) is 0.562. The van der Waals surface area contributed by atoms with Crippen LogP contribution < -0.4 is 0 Å². The molecule has 0 aliphatic rings. The average molecular weight is 247 g/mol. The van der Waals surface area contributed by atoms with E-state index in [1.807, 2.05) is 30.3 Å². The van der Waals surface area contributed by atoms with Crippen LogP contribution in [0.15, 0.2) is 48.7 Å². The Hall–Kier alpha value is -1.78. The van der Waals surface area contributed by atoms with Gasteiger partial charge in [0, 0.05) is 0 Å². The molecule has 1 N–H and O–H groups in total. The highest BCUT2D eigenvalue weighted by Crippen LogP contribution is 2.11. The van der Waals surface area contributed by atoms with Crippen LogP contribution in [-0.2, 0) is 11.3 Å². The minimum atomic E-state index is -0.839. The molecule has 2 aromatic rings. The second kappa shape index (κ2) is 6.23. The van der Waals surface area contributed by atoms with E-state index in [1.54, 1.807) is 0 Å². The molecule has 1 aromatic heterocycles. The fourth-order valence-electron chi connectivity index (χ4n) is 1.53. The Bertz CT molecular complexity index is 473. The molecule has 0 spiro atoms. The first-order chi connectivity index (χ1) is 8.75. The molecule has 0 aliphatic carbocycles. The number of nitrogens with zero attached hydrogens (tertiary/aromatic N) is 1. The molecule has 1 heterocycles. The lowest BCUT2D eigenvalue weighted by Gasteiger charge is -2.10.